The fourth-order valence-corrected chi connectivity index (χ4v) is 6.98. The minimum atomic E-state index is -3.96. The summed E-state index contributed by atoms with van der Waals surface area (Å²) in [6.45, 7) is 7.57. The summed E-state index contributed by atoms with van der Waals surface area (Å²) in [5, 5.41) is 18.1. The number of amides is 2. The van der Waals surface area contributed by atoms with E-state index >= 15 is 8.78 Å². The number of likely N-dealkylation sites (tertiary alicyclic amines) is 1. The van der Waals surface area contributed by atoms with Gasteiger partial charge in [-0.2, -0.15) is 8.78 Å². The summed E-state index contributed by atoms with van der Waals surface area (Å²) < 4.78 is 47.6. The number of carbonyl (C=O) groups excluding carboxylic acids is 2. The number of rotatable bonds is 9. The monoisotopic (exact) mass is 577 g/mol. The SMILES string of the molecule is COc1ccc(CC(=O)NCc2cc([C@@H]3CCCN3C(=O)C(F)(F)C3(O)CC(C)(C)CC(C)(C)C3)no2)cc1OC. The summed E-state index contributed by atoms with van der Waals surface area (Å²) in [4.78, 5) is 27.0. The molecule has 0 unspecified atom stereocenters. The highest BCUT2D eigenvalue weighted by atomic mass is 19.3. The number of aliphatic hydroxyl groups is 1. The molecule has 1 atom stereocenters. The highest BCUT2D eigenvalue weighted by Gasteiger charge is 2.65. The number of nitrogens with one attached hydrogen (secondary N) is 1. The van der Waals surface area contributed by atoms with Crippen LogP contribution in [0.4, 0.5) is 8.78 Å². The van der Waals surface area contributed by atoms with Crippen LogP contribution in [0.5, 0.6) is 11.5 Å². The molecule has 41 heavy (non-hydrogen) atoms. The van der Waals surface area contributed by atoms with Crippen LogP contribution in [-0.2, 0) is 22.6 Å². The Labute approximate surface area is 239 Å². The van der Waals surface area contributed by atoms with Gasteiger partial charge < -0.3 is 29.3 Å². The third kappa shape index (κ3) is 6.50. The van der Waals surface area contributed by atoms with E-state index in [1.165, 1.54) is 14.2 Å². The van der Waals surface area contributed by atoms with Crippen molar-refractivity contribution in [3.8, 4) is 11.5 Å². The molecule has 2 fully saturated rings. The molecule has 2 N–H and O–H groups in total. The predicted octanol–water partition coefficient (Wildman–Crippen LogP) is 4.82. The number of halogens is 2. The van der Waals surface area contributed by atoms with Crippen LogP contribution >= 0.6 is 0 Å². The maximum atomic E-state index is 15.9. The third-order valence-corrected chi connectivity index (χ3v) is 8.06. The van der Waals surface area contributed by atoms with Gasteiger partial charge >= 0.3 is 5.92 Å². The van der Waals surface area contributed by atoms with E-state index in [0.717, 1.165) is 10.5 Å². The Morgan fingerprint density at radius 1 is 1.10 bits per heavy atom. The van der Waals surface area contributed by atoms with Gasteiger partial charge in [-0.05, 0) is 60.6 Å². The van der Waals surface area contributed by atoms with Gasteiger partial charge in [0.2, 0.25) is 5.91 Å². The van der Waals surface area contributed by atoms with Crippen molar-refractivity contribution in [3.63, 3.8) is 0 Å². The molecular weight excluding hydrogens is 536 g/mol. The van der Waals surface area contributed by atoms with Crippen molar-refractivity contribution in [3.05, 3.63) is 41.3 Å². The number of benzene rings is 1. The molecule has 1 saturated carbocycles. The van der Waals surface area contributed by atoms with Crippen LogP contribution in [0, 0.1) is 10.8 Å². The Balaban J connectivity index is 1.41. The summed E-state index contributed by atoms with van der Waals surface area (Å²) in [6, 6.07) is 6.07. The molecule has 0 bridgehead atoms. The minimum Gasteiger partial charge on any atom is -0.493 e. The van der Waals surface area contributed by atoms with Crippen molar-refractivity contribution in [2.75, 3.05) is 20.8 Å². The number of ether oxygens (including phenoxy) is 2. The Bertz CT molecular complexity index is 1260. The Kier molecular flexibility index (Phi) is 8.42. The average Bonchev–Trinajstić information content (AvgIpc) is 3.54. The lowest BCUT2D eigenvalue weighted by Crippen LogP contribution is -2.62. The quantitative estimate of drug-likeness (QED) is 0.439. The zero-order valence-electron chi connectivity index (χ0n) is 24.7. The molecule has 1 aromatic heterocycles. The van der Waals surface area contributed by atoms with E-state index in [1.807, 2.05) is 27.7 Å². The molecule has 1 aliphatic carbocycles. The lowest BCUT2D eigenvalue weighted by molar-refractivity contribution is -0.231. The van der Waals surface area contributed by atoms with E-state index in [9.17, 15) is 14.7 Å². The molecule has 0 radical (unpaired) electrons. The Hall–Kier alpha value is -3.21. The maximum absolute atomic E-state index is 15.9. The van der Waals surface area contributed by atoms with Crippen molar-refractivity contribution in [1.82, 2.24) is 15.4 Å². The van der Waals surface area contributed by atoms with Crippen LogP contribution in [0.15, 0.2) is 28.8 Å². The number of aromatic nitrogens is 1. The largest absolute Gasteiger partial charge is 0.493 e. The van der Waals surface area contributed by atoms with Crippen LogP contribution in [0.3, 0.4) is 0 Å². The standard InChI is InChI=1S/C30H41F2N3O6/c1-27(2)16-28(3,4)18-29(38,17-27)30(31,32)26(37)35-11-7-8-22(35)21-14-20(41-34-21)15-33-25(36)13-19-9-10-23(39-5)24(12-19)40-6/h9-10,12,14,22,38H,7-8,11,13,15-18H2,1-6H3,(H,33,36)/t22-/m0/s1. The molecule has 2 aromatic rings. The van der Waals surface area contributed by atoms with Crippen LogP contribution in [0.25, 0.3) is 0 Å². The molecule has 1 aliphatic heterocycles. The van der Waals surface area contributed by atoms with Gasteiger partial charge in [-0.3, -0.25) is 9.59 Å². The first kappa shape index (κ1) is 30.7. The number of nitrogens with zero attached hydrogens (tertiary/aromatic N) is 2. The highest BCUT2D eigenvalue weighted by Crippen LogP contribution is 2.55. The highest BCUT2D eigenvalue weighted by molar-refractivity contribution is 5.85. The lowest BCUT2D eigenvalue weighted by atomic mass is 9.58. The van der Waals surface area contributed by atoms with E-state index in [2.05, 4.69) is 10.5 Å². The molecule has 4 rings (SSSR count). The van der Waals surface area contributed by atoms with Gasteiger partial charge in [0.25, 0.3) is 5.91 Å². The fraction of sp³-hybridized carbons (Fsp3) is 0.633. The predicted molar refractivity (Wildman–Crippen MR) is 147 cm³/mol. The molecule has 2 heterocycles. The fourth-order valence-electron chi connectivity index (χ4n) is 6.98. The van der Waals surface area contributed by atoms with Crippen LogP contribution in [0.1, 0.15) is 82.9 Å². The van der Waals surface area contributed by atoms with Crippen molar-refractivity contribution in [2.45, 2.75) is 90.3 Å². The van der Waals surface area contributed by atoms with E-state index in [1.54, 1.807) is 24.3 Å². The summed E-state index contributed by atoms with van der Waals surface area (Å²) in [5.41, 5.74) is -2.47. The minimum absolute atomic E-state index is 0.0415. The first-order valence-corrected chi connectivity index (χ1v) is 13.9. The van der Waals surface area contributed by atoms with E-state index < -0.39 is 34.3 Å². The van der Waals surface area contributed by atoms with Gasteiger partial charge in [0, 0.05) is 12.6 Å². The van der Waals surface area contributed by atoms with E-state index in [-0.39, 0.29) is 38.3 Å². The lowest BCUT2D eigenvalue weighted by Gasteiger charge is -2.51. The number of alkyl halides is 2. The van der Waals surface area contributed by atoms with Gasteiger partial charge in [-0.15, -0.1) is 0 Å². The number of methoxy groups -OCH3 is 2. The second-order valence-corrected chi connectivity index (χ2v) is 13.0. The van der Waals surface area contributed by atoms with Gasteiger partial charge in [0.15, 0.2) is 17.3 Å². The summed E-state index contributed by atoms with van der Waals surface area (Å²) in [5.74, 6) is -4.20. The topological polar surface area (TPSA) is 114 Å². The molecular formula is C30H41F2N3O6. The third-order valence-electron chi connectivity index (χ3n) is 8.06. The van der Waals surface area contributed by atoms with Gasteiger partial charge in [0.1, 0.15) is 11.3 Å². The van der Waals surface area contributed by atoms with Gasteiger partial charge in [-0.25, -0.2) is 0 Å². The molecule has 11 heteroatoms. The van der Waals surface area contributed by atoms with Crippen molar-refractivity contribution in [1.29, 1.82) is 0 Å². The number of carbonyl (C=O) groups is 2. The second kappa shape index (κ2) is 11.2. The maximum Gasteiger partial charge on any atom is 0.352 e. The molecule has 0 spiro atoms. The molecule has 2 amide bonds. The van der Waals surface area contributed by atoms with Crippen LogP contribution in [-0.4, -0.2) is 59.3 Å². The van der Waals surface area contributed by atoms with Crippen LogP contribution in [0.2, 0.25) is 0 Å². The molecule has 1 saturated heterocycles. The van der Waals surface area contributed by atoms with Gasteiger partial charge in [0.05, 0.1) is 33.2 Å². The number of hydrogen-bond donors (Lipinski definition) is 2. The van der Waals surface area contributed by atoms with Crippen molar-refractivity contribution >= 4 is 11.8 Å². The smallest absolute Gasteiger partial charge is 0.352 e. The zero-order chi connectivity index (χ0) is 30.2. The first-order valence-electron chi connectivity index (χ1n) is 13.9. The Morgan fingerprint density at radius 2 is 1.76 bits per heavy atom. The summed E-state index contributed by atoms with van der Waals surface area (Å²) in [7, 11) is 3.05. The average molecular weight is 578 g/mol. The zero-order valence-corrected chi connectivity index (χ0v) is 24.7. The molecule has 9 nitrogen and oxygen atoms in total. The second-order valence-electron chi connectivity index (χ2n) is 13.0. The normalized spacial score (nSPS) is 21.4. The molecule has 1 aromatic carbocycles. The van der Waals surface area contributed by atoms with Crippen LogP contribution < -0.4 is 14.8 Å². The molecule has 226 valence electrons. The van der Waals surface area contributed by atoms with E-state index in [4.69, 9.17) is 14.0 Å². The van der Waals surface area contributed by atoms with Crippen molar-refractivity contribution < 1.29 is 37.5 Å². The van der Waals surface area contributed by atoms with Gasteiger partial charge in [-0.1, -0.05) is 38.9 Å². The first-order chi connectivity index (χ1) is 19.1. The summed E-state index contributed by atoms with van der Waals surface area (Å²) >= 11 is 0. The summed E-state index contributed by atoms with van der Waals surface area (Å²) in [6.07, 6.45) is 1.39. The van der Waals surface area contributed by atoms with E-state index in [0.29, 0.717) is 42.2 Å². The van der Waals surface area contributed by atoms with Crippen molar-refractivity contribution in [2.24, 2.45) is 10.8 Å². The Morgan fingerprint density at radius 3 is 2.39 bits per heavy atom. The number of hydrogen-bond acceptors (Lipinski definition) is 7. The molecule has 2 aliphatic rings.